The molecule has 5 heteroatoms. The molecule has 90 valence electrons. The second-order valence-electron chi connectivity index (χ2n) is 4.43. The first kappa shape index (κ1) is 11.8. The van der Waals surface area contributed by atoms with Crippen molar-refractivity contribution in [3.63, 3.8) is 0 Å². The van der Waals surface area contributed by atoms with Crippen LogP contribution in [-0.4, -0.2) is 41.5 Å². The van der Waals surface area contributed by atoms with E-state index >= 15 is 0 Å². The van der Waals surface area contributed by atoms with E-state index in [1.54, 1.807) is 0 Å². The highest BCUT2D eigenvalue weighted by atomic mass is 15.1. The average molecular weight is 231 g/mol. The lowest BCUT2D eigenvalue weighted by Crippen LogP contribution is -2.29. The normalized spacial score (nSPS) is 17.6. The van der Waals surface area contributed by atoms with E-state index in [0.717, 1.165) is 13.1 Å². The zero-order chi connectivity index (χ0) is 12.1. The molecule has 1 aromatic heterocycles. The largest absolute Gasteiger partial charge is 0.341 e. The van der Waals surface area contributed by atoms with E-state index in [-0.39, 0.29) is 6.54 Å². The minimum absolute atomic E-state index is 0.244. The van der Waals surface area contributed by atoms with Crippen LogP contribution in [0.3, 0.4) is 0 Å². The summed E-state index contributed by atoms with van der Waals surface area (Å²) in [5.74, 6) is 1.11. The number of likely N-dealkylation sites (tertiary alicyclic amines) is 1. The van der Waals surface area contributed by atoms with Gasteiger partial charge in [0.05, 0.1) is 6.07 Å². The molecular weight excluding hydrogens is 214 g/mol. The van der Waals surface area contributed by atoms with Gasteiger partial charge in [-0.25, -0.2) is 9.97 Å². The smallest absolute Gasteiger partial charge is 0.223 e. The number of nitrogens with zero attached hydrogens (tertiary/aromatic N) is 4. The van der Waals surface area contributed by atoms with Crippen molar-refractivity contribution >= 4 is 5.95 Å². The van der Waals surface area contributed by atoms with Gasteiger partial charge in [0, 0.05) is 12.4 Å². The monoisotopic (exact) mass is 231 g/mol. The fourth-order valence-electron chi connectivity index (χ4n) is 2.10. The van der Waals surface area contributed by atoms with Gasteiger partial charge in [-0.1, -0.05) is 0 Å². The predicted octanol–water partition coefficient (Wildman–Crippen LogP) is 1.22. The lowest BCUT2D eigenvalue weighted by atomic mass is 9.92. The van der Waals surface area contributed by atoms with Gasteiger partial charge in [-0.05, 0) is 44.5 Å². The topological polar surface area (TPSA) is 64.8 Å². The van der Waals surface area contributed by atoms with E-state index in [2.05, 4.69) is 27.2 Å². The third-order valence-corrected chi connectivity index (χ3v) is 3.19. The Kier molecular flexibility index (Phi) is 3.89. The molecule has 2 rings (SSSR count). The van der Waals surface area contributed by atoms with Crippen molar-refractivity contribution in [3.05, 3.63) is 18.0 Å². The number of nitrogens with one attached hydrogen (secondary N) is 1. The average Bonchev–Trinajstić information content (AvgIpc) is 2.38. The molecule has 1 saturated heterocycles. The van der Waals surface area contributed by atoms with Crippen molar-refractivity contribution in [1.29, 1.82) is 5.26 Å². The Hall–Kier alpha value is -1.67. The van der Waals surface area contributed by atoms with Crippen LogP contribution in [-0.2, 0) is 0 Å². The van der Waals surface area contributed by atoms with Crippen LogP contribution in [0.25, 0.3) is 0 Å². The quantitative estimate of drug-likeness (QED) is 0.792. The molecule has 0 unspecified atom stereocenters. The van der Waals surface area contributed by atoms with E-state index in [0.29, 0.717) is 11.9 Å². The summed E-state index contributed by atoms with van der Waals surface area (Å²) in [5, 5.41) is 11.3. The molecule has 1 aliphatic heterocycles. The Morgan fingerprint density at radius 1 is 1.41 bits per heavy atom. The van der Waals surface area contributed by atoms with E-state index in [1.807, 2.05) is 18.5 Å². The fraction of sp³-hybridized carbons (Fsp3) is 0.583. The van der Waals surface area contributed by atoms with Crippen molar-refractivity contribution < 1.29 is 0 Å². The highest BCUT2D eigenvalue weighted by Crippen LogP contribution is 2.26. The third kappa shape index (κ3) is 3.14. The second kappa shape index (κ2) is 5.60. The molecule has 0 atom stereocenters. The van der Waals surface area contributed by atoms with Gasteiger partial charge in [0.1, 0.15) is 6.54 Å². The van der Waals surface area contributed by atoms with Crippen LogP contribution in [0.1, 0.15) is 24.3 Å². The SMILES string of the molecule is CN1CCC(c2cnc(NCC#N)nc2)CC1. The zero-order valence-corrected chi connectivity index (χ0v) is 10.1. The van der Waals surface area contributed by atoms with Gasteiger partial charge in [-0.2, -0.15) is 5.26 Å². The predicted molar refractivity (Wildman–Crippen MR) is 65.6 cm³/mol. The zero-order valence-electron chi connectivity index (χ0n) is 10.1. The highest BCUT2D eigenvalue weighted by Gasteiger charge is 2.18. The molecule has 0 bridgehead atoms. The van der Waals surface area contributed by atoms with E-state index in [1.165, 1.54) is 18.4 Å². The maximum absolute atomic E-state index is 8.44. The van der Waals surface area contributed by atoms with Crippen LogP contribution in [0.4, 0.5) is 5.95 Å². The summed E-state index contributed by atoms with van der Waals surface area (Å²) in [6.07, 6.45) is 6.10. The molecule has 0 spiro atoms. The number of aromatic nitrogens is 2. The lowest BCUT2D eigenvalue weighted by Gasteiger charge is -2.28. The van der Waals surface area contributed by atoms with Crippen LogP contribution in [0.15, 0.2) is 12.4 Å². The number of hydrogen-bond donors (Lipinski definition) is 1. The van der Waals surface area contributed by atoms with Crippen LogP contribution in [0.2, 0.25) is 0 Å². The van der Waals surface area contributed by atoms with E-state index in [4.69, 9.17) is 5.26 Å². The van der Waals surface area contributed by atoms with Gasteiger partial charge in [-0.3, -0.25) is 0 Å². The summed E-state index contributed by atoms with van der Waals surface area (Å²) in [6.45, 7) is 2.52. The molecule has 0 radical (unpaired) electrons. The number of piperidine rings is 1. The maximum atomic E-state index is 8.44. The number of anilines is 1. The molecule has 1 aromatic rings. The Labute approximate surface area is 101 Å². The molecule has 0 aromatic carbocycles. The lowest BCUT2D eigenvalue weighted by molar-refractivity contribution is 0.255. The van der Waals surface area contributed by atoms with Crippen molar-refractivity contribution in [3.8, 4) is 6.07 Å². The first-order chi connectivity index (χ1) is 8.29. The molecule has 17 heavy (non-hydrogen) atoms. The van der Waals surface area contributed by atoms with Crippen molar-refractivity contribution in [1.82, 2.24) is 14.9 Å². The molecule has 1 N–H and O–H groups in total. The number of nitriles is 1. The van der Waals surface area contributed by atoms with Crippen molar-refractivity contribution in [2.24, 2.45) is 0 Å². The van der Waals surface area contributed by atoms with Crippen LogP contribution < -0.4 is 5.32 Å². The Morgan fingerprint density at radius 3 is 2.65 bits per heavy atom. The molecule has 0 amide bonds. The van der Waals surface area contributed by atoms with Crippen LogP contribution in [0, 0.1) is 11.3 Å². The Morgan fingerprint density at radius 2 is 2.06 bits per heavy atom. The molecule has 2 heterocycles. The van der Waals surface area contributed by atoms with Crippen LogP contribution in [0.5, 0.6) is 0 Å². The van der Waals surface area contributed by atoms with Crippen molar-refractivity contribution in [2.75, 3.05) is 32.0 Å². The standard InChI is InChI=1S/C12H17N5/c1-17-6-2-10(3-7-17)11-8-15-12(16-9-11)14-5-4-13/h8-10H,2-3,5-7H2,1H3,(H,14,15,16). The minimum atomic E-state index is 0.244. The van der Waals surface area contributed by atoms with E-state index < -0.39 is 0 Å². The first-order valence-electron chi connectivity index (χ1n) is 5.91. The third-order valence-electron chi connectivity index (χ3n) is 3.19. The molecule has 1 aliphatic rings. The molecule has 0 aliphatic carbocycles. The minimum Gasteiger partial charge on any atom is -0.341 e. The van der Waals surface area contributed by atoms with E-state index in [9.17, 15) is 0 Å². The molecular formula is C12H17N5. The fourth-order valence-corrected chi connectivity index (χ4v) is 2.10. The second-order valence-corrected chi connectivity index (χ2v) is 4.43. The summed E-state index contributed by atoms with van der Waals surface area (Å²) in [7, 11) is 2.15. The summed E-state index contributed by atoms with van der Waals surface area (Å²) in [4.78, 5) is 10.8. The summed E-state index contributed by atoms with van der Waals surface area (Å²) < 4.78 is 0. The summed E-state index contributed by atoms with van der Waals surface area (Å²) in [6, 6.07) is 2.00. The van der Waals surface area contributed by atoms with Gasteiger partial charge >= 0.3 is 0 Å². The highest BCUT2D eigenvalue weighted by molar-refractivity contribution is 5.27. The molecule has 0 saturated carbocycles. The molecule has 5 nitrogen and oxygen atoms in total. The van der Waals surface area contributed by atoms with Crippen molar-refractivity contribution in [2.45, 2.75) is 18.8 Å². The van der Waals surface area contributed by atoms with Gasteiger partial charge in [-0.15, -0.1) is 0 Å². The number of rotatable bonds is 3. The first-order valence-corrected chi connectivity index (χ1v) is 5.91. The summed E-state index contributed by atoms with van der Waals surface area (Å²) >= 11 is 0. The number of hydrogen-bond acceptors (Lipinski definition) is 5. The van der Waals surface area contributed by atoms with Gasteiger partial charge in [0.25, 0.3) is 0 Å². The van der Waals surface area contributed by atoms with Gasteiger partial charge in [0.15, 0.2) is 0 Å². The maximum Gasteiger partial charge on any atom is 0.223 e. The molecule has 1 fully saturated rings. The van der Waals surface area contributed by atoms with Gasteiger partial charge in [0.2, 0.25) is 5.95 Å². The van der Waals surface area contributed by atoms with Gasteiger partial charge < -0.3 is 10.2 Å². The van der Waals surface area contributed by atoms with Crippen LogP contribution >= 0.6 is 0 Å². The summed E-state index contributed by atoms with van der Waals surface area (Å²) in [5.41, 5.74) is 1.21. The Balaban J connectivity index is 1.96. The Bertz CT molecular complexity index is 386.